The molecule has 1 aromatic rings. The number of anilines is 1. The summed E-state index contributed by atoms with van der Waals surface area (Å²) in [6.45, 7) is 3.47. The van der Waals surface area contributed by atoms with Gasteiger partial charge in [-0.3, -0.25) is 0 Å². The van der Waals surface area contributed by atoms with Gasteiger partial charge in [0, 0.05) is 0 Å². The van der Waals surface area contributed by atoms with E-state index in [0.29, 0.717) is 0 Å². The molecule has 1 aromatic heterocycles. The Balaban J connectivity index is 2.35. The van der Waals surface area contributed by atoms with E-state index in [1.165, 1.54) is 0 Å². The molecular formula is C8H11N4O4. The SMILES string of the molecule is [CH2][C@H]1O[C@@H](n2ncc(N)nc2=O)[C@H](O)[C@@H]1O. The molecule has 1 aliphatic rings. The van der Waals surface area contributed by atoms with Crippen molar-refractivity contribution in [2.45, 2.75) is 24.5 Å². The smallest absolute Gasteiger partial charge is 0.368 e. The van der Waals surface area contributed by atoms with Crippen LogP contribution in [0.4, 0.5) is 5.82 Å². The highest BCUT2D eigenvalue weighted by Crippen LogP contribution is 2.26. The van der Waals surface area contributed by atoms with Gasteiger partial charge in [0.2, 0.25) is 0 Å². The molecule has 1 radical (unpaired) electrons. The molecule has 4 atom stereocenters. The maximum atomic E-state index is 11.4. The van der Waals surface area contributed by atoms with Crippen LogP contribution in [0.5, 0.6) is 0 Å². The minimum absolute atomic E-state index is 0.0274. The number of nitrogens with two attached hydrogens (primary N) is 1. The molecule has 0 spiro atoms. The zero-order chi connectivity index (χ0) is 11.9. The summed E-state index contributed by atoms with van der Waals surface area (Å²) >= 11 is 0. The molecule has 16 heavy (non-hydrogen) atoms. The highest BCUT2D eigenvalue weighted by atomic mass is 16.6. The second-order valence-electron chi connectivity index (χ2n) is 3.45. The second-order valence-corrected chi connectivity index (χ2v) is 3.45. The van der Waals surface area contributed by atoms with E-state index >= 15 is 0 Å². The van der Waals surface area contributed by atoms with Crippen LogP contribution in [-0.4, -0.2) is 43.3 Å². The van der Waals surface area contributed by atoms with Crippen molar-refractivity contribution in [3.8, 4) is 0 Å². The zero-order valence-electron chi connectivity index (χ0n) is 8.22. The average molecular weight is 227 g/mol. The summed E-state index contributed by atoms with van der Waals surface area (Å²) in [4.78, 5) is 14.8. The highest BCUT2D eigenvalue weighted by molar-refractivity contribution is 5.19. The molecule has 0 amide bonds. The Morgan fingerprint density at radius 3 is 2.69 bits per heavy atom. The third kappa shape index (κ3) is 1.66. The van der Waals surface area contributed by atoms with Gasteiger partial charge in [-0.1, -0.05) is 0 Å². The summed E-state index contributed by atoms with van der Waals surface area (Å²) in [5.74, 6) is -0.0274. The highest BCUT2D eigenvalue weighted by Gasteiger charge is 2.42. The van der Waals surface area contributed by atoms with E-state index < -0.39 is 30.2 Å². The van der Waals surface area contributed by atoms with Crippen LogP contribution >= 0.6 is 0 Å². The van der Waals surface area contributed by atoms with Crippen LogP contribution in [0, 0.1) is 6.92 Å². The summed E-state index contributed by atoms with van der Waals surface area (Å²) in [6, 6.07) is 0. The lowest BCUT2D eigenvalue weighted by atomic mass is 10.1. The molecule has 1 saturated heterocycles. The van der Waals surface area contributed by atoms with Crippen LogP contribution in [0.2, 0.25) is 0 Å². The first-order valence-electron chi connectivity index (χ1n) is 4.56. The second kappa shape index (κ2) is 3.81. The molecule has 1 aliphatic heterocycles. The number of hydrogen-bond acceptors (Lipinski definition) is 7. The van der Waals surface area contributed by atoms with Gasteiger partial charge in [-0.15, -0.1) is 0 Å². The van der Waals surface area contributed by atoms with Crippen molar-refractivity contribution in [1.29, 1.82) is 0 Å². The molecule has 8 heteroatoms. The first-order chi connectivity index (χ1) is 7.50. The standard InChI is InChI=1S/C8H11N4O4/c1-3-5(13)6(14)7(16-3)12-8(15)11-4(9)2-10-12/h2-3,5-7,13-14H,1H2,(H2,9,11,15)/t3-,5-,6-,7-/m1/s1. The predicted molar refractivity (Wildman–Crippen MR) is 52.0 cm³/mol. The van der Waals surface area contributed by atoms with E-state index in [2.05, 4.69) is 17.0 Å². The van der Waals surface area contributed by atoms with Crippen molar-refractivity contribution in [3.63, 3.8) is 0 Å². The zero-order valence-corrected chi connectivity index (χ0v) is 8.22. The fourth-order valence-electron chi connectivity index (χ4n) is 1.47. The molecule has 1 fully saturated rings. The molecule has 0 aromatic carbocycles. The van der Waals surface area contributed by atoms with Crippen molar-refractivity contribution < 1.29 is 14.9 Å². The lowest BCUT2D eigenvalue weighted by Gasteiger charge is -2.15. The Morgan fingerprint density at radius 1 is 1.50 bits per heavy atom. The molecule has 2 heterocycles. The Labute approximate surface area is 90.3 Å². The Bertz CT molecular complexity index is 448. The molecule has 87 valence electrons. The summed E-state index contributed by atoms with van der Waals surface area (Å²) in [6.07, 6.45) is -3.22. The van der Waals surface area contributed by atoms with Crippen LogP contribution in [0.15, 0.2) is 11.0 Å². The van der Waals surface area contributed by atoms with Crippen molar-refractivity contribution in [2.75, 3.05) is 5.73 Å². The lowest BCUT2D eigenvalue weighted by Crippen LogP contribution is -2.37. The van der Waals surface area contributed by atoms with Crippen molar-refractivity contribution in [1.82, 2.24) is 14.8 Å². The van der Waals surface area contributed by atoms with E-state index in [1.807, 2.05) is 0 Å². The fraction of sp³-hybridized carbons (Fsp3) is 0.500. The number of nitrogens with zero attached hydrogens (tertiary/aromatic N) is 3. The van der Waals surface area contributed by atoms with E-state index in [-0.39, 0.29) is 5.82 Å². The molecule has 0 unspecified atom stereocenters. The normalized spacial score (nSPS) is 34.2. The third-order valence-corrected chi connectivity index (χ3v) is 2.31. The van der Waals surface area contributed by atoms with Gasteiger partial charge in [0.05, 0.1) is 12.3 Å². The van der Waals surface area contributed by atoms with Crippen LogP contribution < -0.4 is 11.4 Å². The largest absolute Gasteiger partial charge is 0.388 e. The molecule has 0 bridgehead atoms. The minimum atomic E-state index is -1.28. The number of hydrogen-bond donors (Lipinski definition) is 3. The molecule has 2 rings (SSSR count). The van der Waals surface area contributed by atoms with E-state index in [4.69, 9.17) is 10.5 Å². The van der Waals surface area contributed by atoms with Gasteiger partial charge in [-0.25, -0.2) is 4.79 Å². The predicted octanol–water partition coefficient (Wildman–Crippen LogP) is -2.33. The van der Waals surface area contributed by atoms with Gasteiger partial charge in [-0.2, -0.15) is 14.8 Å². The third-order valence-electron chi connectivity index (χ3n) is 2.31. The lowest BCUT2D eigenvalue weighted by molar-refractivity contribution is -0.0387. The summed E-state index contributed by atoms with van der Waals surface area (Å²) in [5, 5.41) is 22.7. The van der Waals surface area contributed by atoms with Crippen molar-refractivity contribution in [2.24, 2.45) is 0 Å². The van der Waals surface area contributed by atoms with Gasteiger partial charge in [0.25, 0.3) is 0 Å². The van der Waals surface area contributed by atoms with Gasteiger partial charge in [0.1, 0.15) is 18.0 Å². The van der Waals surface area contributed by atoms with Crippen molar-refractivity contribution >= 4 is 5.82 Å². The van der Waals surface area contributed by atoms with E-state index in [0.717, 1.165) is 10.9 Å². The van der Waals surface area contributed by atoms with Gasteiger partial charge < -0.3 is 20.7 Å². The van der Waals surface area contributed by atoms with E-state index in [1.54, 1.807) is 0 Å². The number of rotatable bonds is 1. The van der Waals surface area contributed by atoms with E-state index in [9.17, 15) is 15.0 Å². The fourth-order valence-corrected chi connectivity index (χ4v) is 1.47. The first-order valence-corrected chi connectivity index (χ1v) is 4.56. The van der Waals surface area contributed by atoms with Crippen molar-refractivity contribution in [3.05, 3.63) is 23.6 Å². The molecule has 8 nitrogen and oxygen atoms in total. The monoisotopic (exact) mass is 227 g/mol. The van der Waals surface area contributed by atoms with Crippen LogP contribution in [0.3, 0.4) is 0 Å². The maximum Gasteiger partial charge on any atom is 0.368 e. The van der Waals surface area contributed by atoms with Crippen LogP contribution in [0.25, 0.3) is 0 Å². The van der Waals surface area contributed by atoms with Gasteiger partial charge in [-0.05, 0) is 6.92 Å². The number of aliphatic hydroxyl groups excluding tert-OH is 2. The topological polar surface area (TPSA) is 123 Å². The maximum absolute atomic E-state index is 11.4. The first kappa shape index (κ1) is 11.0. The molecular weight excluding hydrogens is 216 g/mol. The summed E-state index contributed by atoms with van der Waals surface area (Å²) in [7, 11) is 0. The van der Waals surface area contributed by atoms with Gasteiger partial charge in [0.15, 0.2) is 6.23 Å². The quantitative estimate of drug-likeness (QED) is 0.491. The average Bonchev–Trinajstić information content (AvgIpc) is 2.46. The summed E-state index contributed by atoms with van der Waals surface area (Å²) < 4.78 is 5.92. The summed E-state index contributed by atoms with van der Waals surface area (Å²) in [5.41, 5.74) is 4.50. The van der Waals surface area contributed by atoms with Crippen LogP contribution in [0.1, 0.15) is 6.23 Å². The molecule has 0 aliphatic carbocycles. The Hall–Kier alpha value is -1.51. The number of aromatic nitrogens is 3. The Morgan fingerprint density at radius 2 is 2.19 bits per heavy atom. The van der Waals surface area contributed by atoms with Crippen LogP contribution in [-0.2, 0) is 4.74 Å². The minimum Gasteiger partial charge on any atom is -0.388 e. The number of ether oxygens (including phenoxy) is 1. The number of aliphatic hydroxyl groups is 2. The molecule has 0 saturated carbocycles. The van der Waals surface area contributed by atoms with Gasteiger partial charge >= 0.3 is 5.69 Å². The number of nitrogen functional groups attached to an aromatic ring is 1. The Kier molecular flexibility index (Phi) is 2.62. The molecule has 4 N–H and O–H groups in total.